The molecule has 2 N–H and O–H groups in total. The monoisotopic (exact) mass is 196 g/mol. The molecule has 5 heteroatoms. The molecule has 0 rings (SSSR count). The molecule has 0 aliphatic carbocycles. The van der Waals surface area contributed by atoms with Crippen LogP contribution >= 0.6 is 7.60 Å². The zero-order valence-corrected chi connectivity index (χ0v) is 8.30. The molecule has 0 unspecified atom stereocenters. The van der Waals surface area contributed by atoms with E-state index in [0.717, 1.165) is 12.8 Å². The molecule has 4 nitrogen and oxygen atoms in total. The molecule has 0 aromatic heterocycles. The summed E-state index contributed by atoms with van der Waals surface area (Å²) in [5.41, 5.74) is 0. The Kier molecular flexibility index (Phi) is 6.67. The Balaban J connectivity index is 3.06. The molecular formula is C7H17O4P. The van der Waals surface area contributed by atoms with Crippen LogP contribution in [0.1, 0.15) is 26.2 Å². The van der Waals surface area contributed by atoms with Crippen LogP contribution in [0.2, 0.25) is 0 Å². The van der Waals surface area contributed by atoms with Crippen LogP contribution in [0.5, 0.6) is 0 Å². The Bertz CT molecular complexity index is 142. The van der Waals surface area contributed by atoms with Gasteiger partial charge in [-0.1, -0.05) is 13.3 Å². The van der Waals surface area contributed by atoms with Gasteiger partial charge in [0.15, 0.2) is 0 Å². The van der Waals surface area contributed by atoms with Crippen LogP contribution in [0, 0.1) is 0 Å². The van der Waals surface area contributed by atoms with Gasteiger partial charge in [0.2, 0.25) is 0 Å². The SMILES string of the molecule is CCCCOCCCP(=O)(O)O. The second-order valence-electron chi connectivity index (χ2n) is 2.71. The maximum atomic E-state index is 10.4. The van der Waals surface area contributed by atoms with Gasteiger partial charge in [0.05, 0.1) is 6.16 Å². The third-order valence-corrected chi connectivity index (χ3v) is 2.28. The fraction of sp³-hybridized carbons (Fsp3) is 1.00. The molecular weight excluding hydrogens is 179 g/mol. The van der Waals surface area contributed by atoms with E-state index < -0.39 is 7.60 Å². The standard InChI is InChI=1S/C7H17O4P/c1-2-3-5-11-6-4-7-12(8,9)10/h2-7H2,1H3,(H2,8,9,10). The average molecular weight is 196 g/mol. The Morgan fingerprint density at radius 2 is 1.83 bits per heavy atom. The molecule has 0 spiro atoms. The van der Waals surface area contributed by atoms with Gasteiger partial charge in [-0.05, 0) is 12.8 Å². The topological polar surface area (TPSA) is 66.8 Å². The van der Waals surface area contributed by atoms with Crippen LogP contribution in [0.4, 0.5) is 0 Å². The normalized spacial score (nSPS) is 11.9. The van der Waals surface area contributed by atoms with Gasteiger partial charge in [0.1, 0.15) is 0 Å². The maximum Gasteiger partial charge on any atom is 0.325 e. The Hall–Kier alpha value is 0.110. The summed E-state index contributed by atoms with van der Waals surface area (Å²) in [4.78, 5) is 17.0. The average Bonchev–Trinajstić information content (AvgIpc) is 1.94. The van der Waals surface area contributed by atoms with Crippen LogP contribution in [-0.4, -0.2) is 29.2 Å². The van der Waals surface area contributed by atoms with Crippen LogP contribution in [0.15, 0.2) is 0 Å². The van der Waals surface area contributed by atoms with E-state index in [1.165, 1.54) is 0 Å². The lowest BCUT2D eigenvalue weighted by atomic mass is 10.4. The van der Waals surface area contributed by atoms with E-state index in [1.54, 1.807) is 0 Å². The molecule has 74 valence electrons. The minimum absolute atomic E-state index is 0.0703. The van der Waals surface area contributed by atoms with Crippen LogP contribution in [0.25, 0.3) is 0 Å². The minimum atomic E-state index is -3.80. The first-order valence-electron chi connectivity index (χ1n) is 4.18. The Labute approximate surface area is 73.1 Å². The van der Waals surface area contributed by atoms with Crippen molar-refractivity contribution in [3.8, 4) is 0 Å². The fourth-order valence-electron chi connectivity index (χ4n) is 0.721. The third-order valence-electron chi connectivity index (χ3n) is 1.38. The van der Waals surface area contributed by atoms with Gasteiger partial charge in [0, 0.05) is 13.2 Å². The first-order valence-corrected chi connectivity index (χ1v) is 5.98. The maximum absolute atomic E-state index is 10.4. The van der Waals surface area contributed by atoms with Gasteiger partial charge >= 0.3 is 7.60 Å². The summed E-state index contributed by atoms with van der Waals surface area (Å²) in [5, 5.41) is 0. The van der Waals surface area contributed by atoms with Gasteiger partial charge in [-0.2, -0.15) is 0 Å². The Morgan fingerprint density at radius 1 is 1.25 bits per heavy atom. The Morgan fingerprint density at radius 3 is 2.33 bits per heavy atom. The molecule has 0 amide bonds. The number of rotatable bonds is 7. The molecule has 0 aliphatic rings. The molecule has 0 aliphatic heterocycles. The summed E-state index contributed by atoms with van der Waals surface area (Å²) < 4.78 is 15.5. The van der Waals surface area contributed by atoms with E-state index in [-0.39, 0.29) is 6.16 Å². The van der Waals surface area contributed by atoms with Gasteiger partial charge < -0.3 is 14.5 Å². The molecule has 0 aromatic rings. The number of ether oxygens (including phenoxy) is 1. The summed E-state index contributed by atoms with van der Waals surface area (Å²) in [7, 11) is -3.80. The molecule has 0 heterocycles. The highest BCUT2D eigenvalue weighted by atomic mass is 31.2. The smallest absolute Gasteiger partial charge is 0.325 e. The van der Waals surface area contributed by atoms with Crippen molar-refractivity contribution in [2.75, 3.05) is 19.4 Å². The van der Waals surface area contributed by atoms with E-state index in [2.05, 4.69) is 6.92 Å². The van der Waals surface area contributed by atoms with Gasteiger partial charge in [-0.3, -0.25) is 4.57 Å². The van der Waals surface area contributed by atoms with Crippen LogP contribution < -0.4 is 0 Å². The summed E-state index contributed by atoms with van der Waals surface area (Å²) in [5.74, 6) is 0. The highest BCUT2D eigenvalue weighted by Crippen LogP contribution is 2.34. The molecule has 12 heavy (non-hydrogen) atoms. The van der Waals surface area contributed by atoms with Crippen molar-refractivity contribution in [3.63, 3.8) is 0 Å². The van der Waals surface area contributed by atoms with Gasteiger partial charge in [-0.25, -0.2) is 0 Å². The van der Waals surface area contributed by atoms with Crippen LogP contribution in [0.3, 0.4) is 0 Å². The summed E-state index contributed by atoms with van der Waals surface area (Å²) >= 11 is 0. The molecule has 0 saturated carbocycles. The van der Waals surface area contributed by atoms with Crippen molar-refractivity contribution in [1.82, 2.24) is 0 Å². The number of hydrogen-bond acceptors (Lipinski definition) is 2. The lowest BCUT2D eigenvalue weighted by Gasteiger charge is -2.04. The van der Waals surface area contributed by atoms with E-state index in [9.17, 15) is 4.57 Å². The molecule has 0 saturated heterocycles. The first-order chi connectivity index (χ1) is 5.56. The quantitative estimate of drug-likeness (QED) is 0.476. The van der Waals surface area contributed by atoms with Crippen molar-refractivity contribution in [2.24, 2.45) is 0 Å². The predicted octanol–water partition coefficient (Wildman–Crippen LogP) is 1.37. The van der Waals surface area contributed by atoms with Crippen molar-refractivity contribution < 1.29 is 19.1 Å². The first kappa shape index (κ1) is 12.1. The van der Waals surface area contributed by atoms with Crippen molar-refractivity contribution in [3.05, 3.63) is 0 Å². The molecule has 0 aromatic carbocycles. The summed E-state index contributed by atoms with van der Waals surface area (Å²) in [6.07, 6.45) is 2.46. The summed E-state index contributed by atoms with van der Waals surface area (Å²) in [6, 6.07) is 0. The third kappa shape index (κ3) is 10.1. The lowest BCUT2D eigenvalue weighted by molar-refractivity contribution is 0.131. The highest BCUT2D eigenvalue weighted by molar-refractivity contribution is 7.51. The van der Waals surface area contributed by atoms with E-state index in [1.807, 2.05) is 0 Å². The molecule has 0 bridgehead atoms. The number of hydrogen-bond donors (Lipinski definition) is 2. The number of unbranched alkanes of at least 4 members (excludes halogenated alkanes) is 1. The van der Waals surface area contributed by atoms with Crippen LogP contribution in [-0.2, 0) is 9.30 Å². The van der Waals surface area contributed by atoms with Gasteiger partial charge in [-0.15, -0.1) is 0 Å². The van der Waals surface area contributed by atoms with Gasteiger partial charge in [0.25, 0.3) is 0 Å². The largest absolute Gasteiger partial charge is 0.381 e. The van der Waals surface area contributed by atoms with Crippen molar-refractivity contribution >= 4 is 7.60 Å². The fourth-order valence-corrected chi connectivity index (χ4v) is 1.26. The predicted molar refractivity (Wildman–Crippen MR) is 47.3 cm³/mol. The van der Waals surface area contributed by atoms with E-state index >= 15 is 0 Å². The lowest BCUT2D eigenvalue weighted by Crippen LogP contribution is -1.99. The van der Waals surface area contributed by atoms with Crippen molar-refractivity contribution in [1.29, 1.82) is 0 Å². The van der Waals surface area contributed by atoms with E-state index in [4.69, 9.17) is 14.5 Å². The van der Waals surface area contributed by atoms with E-state index in [0.29, 0.717) is 19.6 Å². The van der Waals surface area contributed by atoms with Crippen molar-refractivity contribution in [2.45, 2.75) is 26.2 Å². The zero-order valence-electron chi connectivity index (χ0n) is 7.40. The summed E-state index contributed by atoms with van der Waals surface area (Å²) in [6.45, 7) is 3.21. The second kappa shape index (κ2) is 6.61. The molecule has 0 fully saturated rings. The molecule has 0 atom stereocenters. The molecule has 0 radical (unpaired) electrons. The zero-order chi connectivity index (χ0) is 9.45. The second-order valence-corrected chi connectivity index (χ2v) is 4.48. The minimum Gasteiger partial charge on any atom is -0.381 e. The highest BCUT2D eigenvalue weighted by Gasteiger charge is 2.10.